The zero-order valence-electron chi connectivity index (χ0n) is 14.9. The topological polar surface area (TPSA) is 33.6 Å². The minimum atomic E-state index is -0.684. The highest BCUT2D eigenvalue weighted by Gasteiger charge is 2.39. The van der Waals surface area contributed by atoms with E-state index < -0.39 is 5.60 Å². The quantitative estimate of drug-likeness (QED) is 0.489. The molecular weight excluding hydrogens is 348 g/mol. The van der Waals surface area contributed by atoms with E-state index >= 15 is 0 Å². The Morgan fingerprint density at radius 1 is 1.20 bits per heavy atom. The number of rotatable bonds is 3. The highest BCUT2D eigenvalue weighted by Crippen LogP contribution is 2.43. The number of nitrogens with one attached hydrogen (secondary N) is 1. The third-order valence-corrected chi connectivity index (χ3v) is 5.54. The third-order valence-electron chi connectivity index (χ3n) is 4.40. The highest BCUT2D eigenvalue weighted by atomic mass is 35.5. The molecule has 25 heavy (non-hydrogen) atoms. The average molecular weight is 368 g/mol. The lowest BCUT2D eigenvalue weighted by atomic mass is 9.42. The smallest absolute Gasteiger partial charge is 0.291 e. The van der Waals surface area contributed by atoms with Gasteiger partial charge in [-0.05, 0) is 30.7 Å². The maximum Gasteiger partial charge on any atom is 0.291 e. The van der Waals surface area contributed by atoms with E-state index in [9.17, 15) is 0 Å². The maximum atomic E-state index is 6.34. The maximum absolute atomic E-state index is 6.34. The standard InChI is InChI=1S/C17H20B3ClN2OS/c1-16(10-5-3-2-4-6-10)12-9-11(21)7-8-13(12)22-15(24-16)23-14(25)17(18,19)20/h2-9,14,25H,18-20H2,1H3,(H,22,23). The summed E-state index contributed by atoms with van der Waals surface area (Å²) in [5.74, 6) is 0. The Labute approximate surface area is 162 Å². The summed E-state index contributed by atoms with van der Waals surface area (Å²) in [6.45, 7) is 2.04. The molecule has 2 unspecified atom stereocenters. The molecule has 0 aromatic heterocycles. The number of ether oxygens (including phenoxy) is 1. The number of thiol groups is 1. The zero-order valence-corrected chi connectivity index (χ0v) is 16.5. The Hall–Kier alpha value is -1.46. The van der Waals surface area contributed by atoms with Crippen LogP contribution in [-0.4, -0.2) is 34.9 Å². The van der Waals surface area contributed by atoms with Gasteiger partial charge in [0, 0.05) is 10.6 Å². The van der Waals surface area contributed by atoms with E-state index in [0.29, 0.717) is 11.0 Å². The first-order valence-electron chi connectivity index (χ1n) is 8.28. The van der Waals surface area contributed by atoms with Crippen LogP contribution in [0.5, 0.6) is 0 Å². The lowest BCUT2D eigenvalue weighted by Gasteiger charge is -2.38. The molecule has 2 aromatic carbocycles. The van der Waals surface area contributed by atoms with Gasteiger partial charge < -0.3 is 10.1 Å². The minimum Gasteiger partial charge on any atom is -0.449 e. The van der Waals surface area contributed by atoms with Gasteiger partial charge in [-0.25, -0.2) is 0 Å². The fourth-order valence-corrected chi connectivity index (χ4v) is 3.02. The first-order valence-corrected chi connectivity index (χ1v) is 9.17. The Morgan fingerprint density at radius 3 is 2.52 bits per heavy atom. The van der Waals surface area contributed by atoms with Crippen molar-refractivity contribution in [2.45, 2.75) is 23.0 Å². The summed E-state index contributed by atoms with van der Waals surface area (Å²) in [5.41, 5.74) is 2.15. The van der Waals surface area contributed by atoms with Gasteiger partial charge in [0.25, 0.3) is 6.02 Å². The molecule has 0 bridgehead atoms. The second kappa shape index (κ2) is 6.69. The van der Waals surface area contributed by atoms with Crippen molar-refractivity contribution in [2.75, 3.05) is 0 Å². The Kier molecular flexibility index (Phi) is 4.91. The van der Waals surface area contributed by atoms with Crippen molar-refractivity contribution >= 4 is 59.5 Å². The molecule has 0 spiro atoms. The fourth-order valence-electron chi connectivity index (χ4n) is 2.73. The first-order chi connectivity index (χ1) is 11.7. The summed E-state index contributed by atoms with van der Waals surface area (Å²) in [6, 6.07) is 16.3. The van der Waals surface area contributed by atoms with Gasteiger partial charge in [0.15, 0.2) is 5.60 Å². The monoisotopic (exact) mass is 368 g/mol. The van der Waals surface area contributed by atoms with E-state index in [1.54, 1.807) is 0 Å². The third kappa shape index (κ3) is 3.72. The molecule has 0 saturated heterocycles. The number of amidine groups is 1. The SMILES string of the molecule is BC(B)(B)C(S)NC1=Nc2ccc(Cl)cc2C(C)(c2ccccc2)O1. The van der Waals surface area contributed by atoms with E-state index in [1.807, 2.05) is 43.3 Å². The normalized spacial score (nSPS) is 20.8. The lowest BCUT2D eigenvalue weighted by molar-refractivity contribution is 0.105. The van der Waals surface area contributed by atoms with E-state index in [4.69, 9.17) is 16.3 Å². The van der Waals surface area contributed by atoms with Crippen molar-refractivity contribution in [2.24, 2.45) is 4.99 Å². The van der Waals surface area contributed by atoms with Crippen LogP contribution in [0.15, 0.2) is 53.5 Å². The molecule has 126 valence electrons. The van der Waals surface area contributed by atoms with Crippen LogP contribution in [0, 0.1) is 0 Å². The molecule has 3 nitrogen and oxygen atoms in total. The largest absolute Gasteiger partial charge is 0.449 e. The summed E-state index contributed by atoms with van der Waals surface area (Å²) in [6.07, 6.45) is 0. The van der Waals surface area contributed by atoms with Crippen LogP contribution in [0.4, 0.5) is 5.69 Å². The van der Waals surface area contributed by atoms with Crippen LogP contribution in [0.25, 0.3) is 0 Å². The molecule has 2 atom stereocenters. The van der Waals surface area contributed by atoms with E-state index in [-0.39, 0.29) is 10.5 Å². The predicted molar refractivity (Wildman–Crippen MR) is 117 cm³/mol. The number of halogens is 1. The van der Waals surface area contributed by atoms with Gasteiger partial charge in [-0.1, -0.05) is 47.0 Å². The van der Waals surface area contributed by atoms with E-state index in [2.05, 4.69) is 58.6 Å². The van der Waals surface area contributed by atoms with E-state index in [1.165, 1.54) is 0 Å². The fraction of sp³-hybridized carbons (Fsp3) is 0.235. The molecule has 1 aliphatic heterocycles. The molecule has 1 aliphatic rings. The van der Waals surface area contributed by atoms with Crippen LogP contribution >= 0.6 is 24.2 Å². The molecular formula is C17H20B3ClN2OS. The highest BCUT2D eigenvalue weighted by molar-refractivity contribution is 7.81. The summed E-state index contributed by atoms with van der Waals surface area (Å²) < 4.78 is 6.34. The van der Waals surface area contributed by atoms with Crippen molar-refractivity contribution in [3.8, 4) is 0 Å². The number of aliphatic imine (C=N–C) groups is 1. The van der Waals surface area contributed by atoms with Gasteiger partial charge in [-0.15, -0.1) is 0 Å². The lowest BCUT2D eigenvalue weighted by Crippen LogP contribution is -2.46. The number of nitrogens with zero attached hydrogens (tertiary/aromatic N) is 1. The second-order valence-electron chi connectivity index (χ2n) is 7.49. The zero-order chi connectivity index (χ0) is 18.2. The minimum absolute atomic E-state index is 0.0432. The Balaban J connectivity index is 2.07. The molecule has 8 heteroatoms. The second-order valence-corrected chi connectivity index (χ2v) is 8.45. The van der Waals surface area contributed by atoms with Gasteiger partial charge >= 0.3 is 0 Å². The Morgan fingerprint density at radius 2 is 1.88 bits per heavy atom. The van der Waals surface area contributed by atoms with Gasteiger partial charge in [-0.2, -0.15) is 17.6 Å². The van der Waals surface area contributed by atoms with Crippen LogP contribution in [0.2, 0.25) is 10.1 Å². The number of hydrogen-bond acceptors (Lipinski definition) is 4. The number of fused-ring (bicyclic) bond motifs is 1. The van der Waals surface area contributed by atoms with Crippen LogP contribution in [-0.2, 0) is 10.3 Å². The van der Waals surface area contributed by atoms with E-state index in [0.717, 1.165) is 16.8 Å². The summed E-state index contributed by atoms with van der Waals surface area (Å²) >= 11 is 10.9. The molecule has 1 heterocycles. The molecule has 0 saturated carbocycles. The van der Waals surface area contributed by atoms with Crippen LogP contribution < -0.4 is 5.32 Å². The van der Waals surface area contributed by atoms with Crippen molar-refractivity contribution in [1.82, 2.24) is 5.32 Å². The van der Waals surface area contributed by atoms with Crippen molar-refractivity contribution < 1.29 is 4.74 Å². The van der Waals surface area contributed by atoms with Crippen molar-refractivity contribution in [1.29, 1.82) is 0 Å². The summed E-state index contributed by atoms with van der Waals surface area (Å²) in [5, 5.41) is 3.82. The molecule has 1 N–H and O–H groups in total. The van der Waals surface area contributed by atoms with Gasteiger partial charge in [0.1, 0.15) is 0 Å². The molecule has 0 aliphatic carbocycles. The molecule has 2 aromatic rings. The average Bonchev–Trinajstić information content (AvgIpc) is 2.55. The summed E-state index contributed by atoms with van der Waals surface area (Å²) in [4.78, 5) is 4.64. The van der Waals surface area contributed by atoms with Gasteiger partial charge in [0.2, 0.25) is 0 Å². The van der Waals surface area contributed by atoms with Crippen molar-refractivity contribution in [3.05, 3.63) is 64.7 Å². The molecule has 0 radical (unpaired) electrons. The number of benzene rings is 2. The Bertz CT molecular complexity index is 813. The van der Waals surface area contributed by atoms with Gasteiger partial charge in [0.05, 0.1) is 34.6 Å². The van der Waals surface area contributed by atoms with Crippen LogP contribution in [0.1, 0.15) is 18.1 Å². The van der Waals surface area contributed by atoms with Gasteiger partial charge in [-0.3, -0.25) is 0 Å². The van der Waals surface area contributed by atoms with Crippen molar-refractivity contribution in [3.63, 3.8) is 0 Å². The molecule has 0 amide bonds. The van der Waals surface area contributed by atoms with Crippen LogP contribution in [0.3, 0.4) is 0 Å². The summed E-state index contributed by atoms with van der Waals surface area (Å²) in [7, 11) is 6.35. The molecule has 0 fully saturated rings. The predicted octanol–water partition coefficient (Wildman–Crippen LogP) is 1.44. The first kappa shape index (κ1) is 18.3. The molecule has 3 rings (SSSR count). The number of hydrogen-bond donors (Lipinski definition) is 2.